The zero-order chi connectivity index (χ0) is 29.7. The molecule has 0 aliphatic rings. The number of amides is 1. The molecule has 0 unspecified atom stereocenters. The van der Waals surface area contributed by atoms with Crippen LogP contribution in [0.1, 0.15) is 58.6 Å². The van der Waals surface area contributed by atoms with Crippen LogP contribution in [0.15, 0.2) is 84.9 Å². The Hall–Kier alpha value is -2.70. The van der Waals surface area contributed by atoms with Gasteiger partial charge in [0.1, 0.15) is 11.4 Å². The van der Waals surface area contributed by atoms with Crippen molar-refractivity contribution in [2.45, 2.75) is 53.6 Å². The molecule has 0 N–H and O–H groups in total. The van der Waals surface area contributed by atoms with Crippen LogP contribution in [0.25, 0.3) is 20.9 Å². The molecule has 0 bridgehead atoms. The molecular weight excluding hydrogens is 636 g/mol. The van der Waals surface area contributed by atoms with Gasteiger partial charge in [-0.25, -0.2) is 0 Å². The minimum atomic E-state index is 0. The summed E-state index contributed by atoms with van der Waals surface area (Å²) in [6, 6.07) is 29.8. The third-order valence-corrected chi connectivity index (χ3v) is 10.3. The molecule has 0 spiro atoms. The zero-order valence-corrected chi connectivity index (χ0v) is 28.9. The number of halogens is 2. The largest absolute Gasteiger partial charge is 1.00 e. The van der Waals surface area contributed by atoms with Crippen LogP contribution in [0.4, 0.5) is 0 Å². The lowest BCUT2D eigenvalue weighted by Gasteiger charge is -2.37. The Kier molecular flexibility index (Phi) is 11.5. The molecule has 5 rings (SSSR count). The van der Waals surface area contributed by atoms with E-state index in [0.717, 1.165) is 59.2 Å². The van der Waals surface area contributed by atoms with Crippen molar-refractivity contribution in [1.29, 1.82) is 0 Å². The van der Waals surface area contributed by atoms with Gasteiger partial charge in [0.2, 0.25) is 0 Å². The van der Waals surface area contributed by atoms with Crippen molar-refractivity contribution in [2.75, 3.05) is 26.2 Å². The Morgan fingerprint density at radius 3 is 2.19 bits per heavy atom. The van der Waals surface area contributed by atoms with Crippen molar-refractivity contribution in [3.63, 3.8) is 0 Å². The van der Waals surface area contributed by atoms with E-state index in [1.807, 2.05) is 29.2 Å². The highest BCUT2D eigenvalue weighted by molar-refractivity contribution is 7.21. The number of carbonyl (C=O) groups excluding carboxylic acids is 1. The molecule has 3 nitrogen and oxygen atoms in total. The van der Waals surface area contributed by atoms with Gasteiger partial charge in [-0.15, -0.1) is 11.3 Å². The van der Waals surface area contributed by atoms with Crippen LogP contribution in [0, 0.1) is 13.8 Å². The first-order valence-corrected chi connectivity index (χ1v) is 16.4. The fourth-order valence-electron chi connectivity index (χ4n) is 6.25. The molecule has 226 valence electrons. The van der Waals surface area contributed by atoms with Crippen LogP contribution in [-0.2, 0) is 13.1 Å². The molecule has 5 aromatic rings. The van der Waals surface area contributed by atoms with Crippen LogP contribution in [0.5, 0.6) is 0 Å². The van der Waals surface area contributed by atoms with E-state index in [-0.39, 0.29) is 22.9 Å². The summed E-state index contributed by atoms with van der Waals surface area (Å²) in [5.74, 6) is 0.0244. The first-order chi connectivity index (χ1) is 20.3. The summed E-state index contributed by atoms with van der Waals surface area (Å²) in [5.41, 5.74) is 5.22. The lowest BCUT2D eigenvalue weighted by atomic mass is 10.1. The predicted octanol–water partition coefficient (Wildman–Crippen LogP) is 6.81. The summed E-state index contributed by atoms with van der Waals surface area (Å²) in [5, 5.41) is 3.94. The second-order valence-electron chi connectivity index (χ2n) is 11.7. The summed E-state index contributed by atoms with van der Waals surface area (Å²) in [6.45, 7) is 14.6. The molecule has 0 saturated heterocycles. The van der Waals surface area contributed by atoms with Crippen molar-refractivity contribution in [2.24, 2.45) is 0 Å². The van der Waals surface area contributed by atoms with Crippen molar-refractivity contribution in [3.05, 3.63) is 117 Å². The monoisotopic (exact) mass is 676 g/mol. The molecule has 0 atom stereocenters. The zero-order valence-electron chi connectivity index (χ0n) is 25.7. The van der Waals surface area contributed by atoms with Gasteiger partial charge in [-0.2, -0.15) is 0 Å². The van der Waals surface area contributed by atoms with Crippen LogP contribution in [0.2, 0.25) is 5.02 Å². The average molecular weight is 678 g/mol. The smallest absolute Gasteiger partial charge is 0.265 e. The van der Waals surface area contributed by atoms with Crippen LogP contribution in [0.3, 0.4) is 0 Å². The molecule has 6 heteroatoms. The summed E-state index contributed by atoms with van der Waals surface area (Å²) in [7, 11) is 0. The summed E-state index contributed by atoms with van der Waals surface area (Å²) in [6.07, 6.45) is 2.02. The molecular formula is C37H42BrClN2OS. The van der Waals surface area contributed by atoms with Gasteiger partial charge >= 0.3 is 0 Å². The fraction of sp³-hybridized carbons (Fsp3) is 0.324. The van der Waals surface area contributed by atoms with Gasteiger partial charge in [0.05, 0.1) is 24.7 Å². The van der Waals surface area contributed by atoms with Crippen molar-refractivity contribution in [3.8, 4) is 0 Å². The van der Waals surface area contributed by atoms with Crippen LogP contribution >= 0.6 is 22.9 Å². The Morgan fingerprint density at radius 2 is 1.49 bits per heavy atom. The fourth-order valence-corrected chi connectivity index (χ4v) is 7.73. The van der Waals surface area contributed by atoms with E-state index in [1.54, 1.807) is 0 Å². The number of unbranched alkanes of at least 4 members (excludes halogenated alkanes) is 1. The maximum atomic E-state index is 14.1. The number of quaternary nitrogens is 1. The topological polar surface area (TPSA) is 20.3 Å². The van der Waals surface area contributed by atoms with Gasteiger partial charge in [0.25, 0.3) is 5.91 Å². The molecule has 0 aliphatic heterocycles. The third kappa shape index (κ3) is 7.88. The van der Waals surface area contributed by atoms with Gasteiger partial charge in [0, 0.05) is 28.7 Å². The number of hydrogen-bond acceptors (Lipinski definition) is 2. The maximum Gasteiger partial charge on any atom is 0.265 e. The minimum Gasteiger partial charge on any atom is -1.00 e. The number of thiophene rings is 1. The third-order valence-electron chi connectivity index (χ3n) is 8.66. The second-order valence-corrected chi connectivity index (χ2v) is 13.1. The molecule has 1 heterocycles. The lowest BCUT2D eigenvalue weighted by Crippen LogP contribution is -3.00. The van der Waals surface area contributed by atoms with Gasteiger partial charge < -0.3 is 26.4 Å². The normalized spacial score (nSPS) is 11.6. The average Bonchev–Trinajstić information content (AvgIpc) is 3.33. The predicted molar refractivity (Wildman–Crippen MR) is 181 cm³/mol. The van der Waals surface area contributed by atoms with Gasteiger partial charge in [0.15, 0.2) is 0 Å². The number of nitrogens with zero attached hydrogens (tertiary/aromatic N) is 2. The molecule has 0 radical (unpaired) electrons. The Morgan fingerprint density at radius 1 is 0.814 bits per heavy atom. The first-order valence-electron chi connectivity index (χ1n) is 15.2. The number of fused-ring (bicyclic) bond motifs is 2. The number of carbonyl (C=O) groups is 1. The molecule has 0 fully saturated rings. The Bertz CT molecular complexity index is 1670. The molecule has 0 aliphatic carbocycles. The summed E-state index contributed by atoms with van der Waals surface area (Å²) < 4.78 is 2.11. The van der Waals surface area contributed by atoms with E-state index in [0.29, 0.717) is 23.0 Å². The van der Waals surface area contributed by atoms with Gasteiger partial charge in [-0.1, -0.05) is 95.5 Å². The molecule has 43 heavy (non-hydrogen) atoms. The second kappa shape index (κ2) is 14.9. The van der Waals surface area contributed by atoms with Crippen molar-refractivity contribution in [1.82, 2.24) is 4.90 Å². The number of aryl methyl sites for hydroxylation is 2. The Balaban J connectivity index is 0.00000423. The lowest BCUT2D eigenvalue weighted by molar-refractivity contribution is -0.938. The highest BCUT2D eigenvalue weighted by atomic mass is 79.9. The van der Waals surface area contributed by atoms with Crippen LogP contribution < -0.4 is 17.0 Å². The SMILES string of the molecule is CC[N+](CC)(CCCCN(Cc1ccc2ccccc2c1)C(=O)c1sc2ccccc2c1Cl)Cc1cc(C)cc(C)c1.[Br-]. The number of benzene rings is 4. The van der Waals surface area contributed by atoms with E-state index in [9.17, 15) is 4.79 Å². The molecule has 4 aromatic carbocycles. The highest BCUT2D eigenvalue weighted by Crippen LogP contribution is 2.36. The molecule has 1 aromatic heterocycles. The van der Waals surface area contributed by atoms with E-state index >= 15 is 0 Å². The first kappa shape index (κ1) is 33.2. The molecule has 0 saturated carbocycles. The summed E-state index contributed by atoms with van der Waals surface area (Å²) in [4.78, 5) is 16.7. The van der Waals surface area contributed by atoms with Crippen LogP contribution in [-0.4, -0.2) is 41.5 Å². The van der Waals surface area contributed by atoms with E-state index in [1.165, 1.54) is 38.8 Å². The molecule has 1 amide bonds. The number of hydrogen-bond donors (Lipinski definition) is 0. The summed E-state index contributed by atoms with van der Waals surface area (Å²) >= 11 is 8.30. The van der Waals surface area contributed by atoms with Crippen molar-refractivity contribution >= 4 is 49.7 Å². The highest BCUT2D eigenvalue weighted by Gasteiger charge is 2.26. The standard InChI is InChI=1S/C37H42ClN2OS.BrH/c1-5-40(6-2,26-30-22-27(3)21-28(4)23-30)20-12-11-19-39(25-29-17-18-31-13-7-8-14-32(31)24-29)37(41)36-35(38)33-15-9-10-16-34(33)42-36;/h7-10,13-18,21-24H,5-6,11-12,19-20,25-26H2,1-4H3;1H/q+1;/p-1. The minimum absolute atomic E-state index is 0. The van der Waals surface area contributed by atoms with Crippen molar-refractivity contribution < 1.29 is 26.3 Å². The quantitative estimate of drug-likeness (QED) is 0.105. The maximum absolute atomic E-state index is 14.1. The van der Waals surface area contributed by atoms with Gasteiger partial charge in [-0.05, 0) is 69.0 Å². The Labute approximate surface area is 276 Å². The van der Waals surface area contributed by atoms with E-state index in [4.69, 9.17) is 11.6 Å². The van der Waals surface area contributed by atoms with Gasteiger partial charge in [-0.3, -0.25) is 4.79 Å². The van der Waals surface area contributed by atoms with E-state index < -0.39 is 0 Å². The van der Waals surface area contributed by atoms with E-state index in [2.05, 4.69) is 88.4 Å². The number of rotatable bonds is 12.